The molecule has 0 saturated carbocycles. The first-order valence-corrected chi connectivity index (χ1v) is 3.72. The van der Waals surface area contributed by atoms with E-state index in [0.29, 0.717) is 19.4 Å². The molecule has 0 spiro atoms. The van der Waals surface area contributed by atoms with E-state index in [-0.39, 0.29) is 0 Å². The third-order valence-electron chi connectivity index (χ3n) is 1.88. The minimum Gasteiger partial charge on any atom is -0.480 e. The number of carboxylic acid groups (broad SMARTS) is 1. The molecule has 1 atom stereocenters. The summed E-state index contributed by atoms with van der Waals surface area (Å²) >= 11 is 0. The van der Waals surface area contributed by atoms with Crippen molar-refractivity contribution in [1.82, 2.24) is 0 Å². The molecule has 0 bridgehead atoms. The van der Waals surface area contributed by atoms with Gasteiger partial charge < -0.3 is 16.6 Å². The monoisotopic (exact) mass is 172 g/mol. The molecule has 0 aliphatic carbocycles. The molecule has 0 saturated heterocycles. The molecule has 6 heteroatoms. The van der Waals surface area contributed by atoms with E-state index in [4.69, 9.17) is 16.6 Å². The Balaban J connectivity index is 2.21. The zero-order chi connectivity index (χ0) is 9.19. The Labute approximate surface area is 69.6 Å². The van der Waals surface area contributed by atoms with Crippen molar-refractivity contribution >= 4 is 5.97 Å². The molecular weight excluding hydrogens is 160 g/mol. The molecule has 0 aromatic rings. The summed E-state index contributed by atoms with van der Waals surface area (Å²) in [5.41, 5.74) is 10.1. The van der Waals surface area contributed by atoms with Crippen molar-refractivity contribution < 1.29 is 9.90 Å². The standard InChI is InChI=1S/C6H12N4O2/c7-3-6(9-10-6)2-1-4(8)5(11)12/h4H,1-3,7-8H2,(H,11,12). The van der Waals surface area contributed by atoms with Crippen molar-refractivity contribution in [2.24, 2.45) is 21.7 Å². The van der Waals surface area contributed by atoms with Crippen LogP contribution < -0.4 is 11.5 Å². The van der Waals surface area contributed by atoms with E-state index >= 15 is 0 Å². The zero-order valence-electron chi connectivity index (χ0n) is 6.60. The highest BCUT2D eigenvalue weighted by atomic mass is 16.4. The maximum Gasteiger partial charge on any atom is 0.320 e. The molecule has 6 nitrogen and oxygen atoms in total. The zero-order valence-corrected chi connectivity index (χ0v) is 6.60. The molecule has 1 aliphatic heterocycles. The number of hydrogen-bond donors (Lipinski definition) is 3. The number of carboxylic acids is 1. The van der Waals surface area contributed by atoms with Gasteiger partial charge in [-0.2, -0.15) is 10.2 Å². The molecule has 5 N–H and O–H groups in total. The molecule has 0 aromatic heterocycles. The second-order valence-electron chi connectivity index (χ2n) is 2.87. The summed E-state index contributed by atoms with van der Waals surface area (Å²) in [6.45, 7) is 0.333. The molecule has 0 radical (unpaired) electrons. The second-order valence-corrected chi connectivity index (χ2v) is 2.87. The quantitative estimate of drug-likeness (QED) is 0.508. The number of carbonyl (C=O) groups is 1. The second kappa shape index (κ2) is 3.16. The minimum atomic E-state index is -0.997. The number of rotatable bonds is 5. The van der Waals surface area contributed by atoms with Gasteiger partial charge in [-0.15, -0.1) is 0 Å². The highest BCUT2D eigenvalue weighted by Crippen LogP contribution is 2.31. The lowest BCUT2D eigenvalue weighted by Crippen LogP contribution is -2.33. The summed E-state index contributed by atoms with van der Waals surface area (Å²) in [6, 6.07) is -0.834. The van der Waals surface area contributed by atoms with Crippen molar-refractivity contribution in [3.63, 3.8) is 0 Å². The van der Waals surface area contributed by atoms with Crippen LogP contribution in [0.1, 0.15) is 12.8 Å². The highest BCUT2D eigenvalue weighted by molar-refractivity contribution is 5.72. The van der Waals surface area contributed by atoms with E-state index in [0.717, 1.165) is 0 Å². The van der Waals surface area contributed by atoms with Crippen molar-refractivity contribution in [3.8, 4) is 0 Å². The summed E-state index contributed by atoms with van der Waals surface area (Å²) in [5.74, 6) is -0.997. The molecule has 1 rings (SSSR count). The Kier molecular flexibility index (Phi) is 2.39. The van der Waals surface area contributed by atoms with E-state index in [9.17, 15) is 4.79 Å². The predicted octanol–water partition coefficient (Wildman–Crippen LogP) is -0.701. The number of hydrogen-bond acceptors (Lipinski definition) is 5. The average Bonchev–Trinajstić information content (AvgIpc) is 2.81. The first-order chi connectivity index (χ1) is 5.59. The minimum absolute atomic E-state index is 0.333. The molecule has 12 heavy (non-hydrogen) atoms. The summed E-state index contributed by atoms with van der Waals surface area (Å²) < 4.78 is 0. The van der Waals surface area contributed by atoms with E-state index in [1.165, 1.54) is 0 Å². The van der Waals surface area contributed by atoms with Crippen LogP contribution in [-0.4, -0.2) is 29.3 Å². The Hall–Kier alpha value is -1.01. The van der Waals surface area contributed by atoms with Crippen LogP contribution in [-0.2, 0) is 4.79 Å². The Morgan fingerprint density at radius 1 is 1.58 bits per heavy atom. The summed E-state index contributed by atoms with van der Waals surface area (Å²) in [7, 11) is 0. The molecule has 68 valence electrons. The number of nitrogens with zero attached hydrogens (tertiary/aromatic N) is 2. The fourth-order valence-electron chi connectivity index (χ4n) is 0.865. The lowest BCUT2D eigenvalue weighted by Gasteiger charge is -2.09. The van der Waals surface area contributed by atoms with Gasteiger partial charge in [0.05, 0.1) is 0 Å². The van der Waals surface area contributed by atoms with Crippen LogP contribution in [0.15, 0.2) is 10.2 Å². The van der Waals surface area contributed by atoms with E-state index in [2.05, 4.69) is 10.2 Å². The van der Waals surface area contributed by atoms with E-state index < -0.39 is 17.7 Å². The fraction of sp³-hybridized carbons (Fsp3) is 0.833. The first kappa shape index (κ1) is 9.08. The van der Waals surface area contributed by atoms with E-state index in [1.807, 2.05) is 0 Å². The van der Waals surface area contributed by atoms with Crippen molar-refractivity contribution in [1.29, 1.82) is 0 Å². The topological polar surface area (TPSA) is 114 Å². The smallest absolute Gasteiger partial charge is 0.320 e. The van der Waals surface area contributed by atoms with Gasteiger partial charge in [0.1, 0.15) is 6.04 Å². The highest BCUT2D eigenvalue weighted by Gasteiger charge is 2.38. The van der Waals surface area contributed by atoms with Crippen LogP contribution in [0.3, 0.4) is 0 Å². The molecule has 1 heterocycles. The summed E-state index contributed by atoms with van der Waals surface area (Å²) in [6.07, 6.45) is 0.885. The van der Waals surface area contributed by atoms with Crippen LogP contribution in [0.4, 0.5) is 0 Å². The Morgan fingerprint density at radius 2 is 2.17 bits per heavy atom. The van der Waals surface area contributed by atoms with Crippen molar-refractivity contribution in [2.75, 3.05) is 6.54 Å². The van der Waals surface area contributed by atoms with Gasteiger partial charge in [-0.1, -0.05) is 0 Å². The first-order valence-electron chi connectivity index (χ1n) is 3.72. The molecule has 0 fully saturated rings. The number of nitrogens with two attached hydrogens (primary N) is 2. The average molecular weight is 172 g/mol. The van der Waals surface area contributed by atoms with E-state index in [1.54, 1.807) is 0 Å². The maximum atomic E-state index is 10.3. The van der Waals surface area contributed by atoms with Crippen LogP contribution in [0.2, 0.25) is 0 Å². The summed E-state index contributed by atoms with van der Waals surface area (Å²) in [5, 5.41) is 15.9. The van der Waals surface area contributed by atoms with Gasteiger partial charge in [-0.05, 0) is 12.8 Å². The van der Waals surface area contributed by atoms with Crippen LogP contribution in [0, 0.1) is 0 Å². The van der Waals surface area contributed by atoms with Gasteiger partial charge in [0.15, 0.2) is 0 Å². The fourth-order valence-corrected chi connectivity index (χ4v) is 0.865. The lowest BCUT2D eigenvalue weighted by molar-refractivity contribution is -0.138. The molecule has 0 aromatic carbocycles. The Morgan fingerprint density at radius 3 is 2.50 bits per heavy atom. The maximum absolute atomic E-state index is 10.3. The van der Waals surface area contributed by atoms with Crippen LogP contribution in [0.5, 0.6) is 0 Å². The van der Waals surface area contributed by atoms with Gasteiger partial charge in [0, 0.05) is 6.54 Å². The van der Waals surface area contributed by atoms with Crippen LogP contribution >= 0.6 is 0 Å². The van der Waals surface area contributed by atoms with Gasteiger partial charge in [0.25, 0.3) is 0 Å². The Bertz CT molecular complexity index is 210. The van der Waals surface area contributed by atoms with Crippen molar-refractivity contribution in [3.05, 3.63) is 0 Å². The van der Waals surface area contributed by atoms with Crippen LogP contribution in [0.25, 0.3) is 0 Å². The third-order valence-corrected chi connectivity index (χ3v) is 1.88. The predicted molar refractivity (Wildman–Crippen MR) is 41.5 cm³/mol. The van der Waals surface area contributed by atoms with Crippen molar-refractivity contribution in [2.45, 2.75) is 24.5 Å². The molecule has 1 unspecified atom stereocenters. The molecule has 1 aliphatic rings. The molecule has 0 amide bonds. The van der Waals surface area contributed by atoms with Gasteiger partial charge in [-0.3, -0.25) is 4.79 Å². The summed E-state index contributed by atoms with van der Waals surface area (Å²) in [4.78, 5) is 10.3. The van der Waals surface area contributed by atoms with Gasteiger partial charge in [-0.25, -0.2) is 0 Å². The third kappa shape index (κ3) is 1.99. The van der Waals surface area contributed by atoms with Gasteiger partial charge in [0.2, 0.25) is 5.66 Å². The number of aliphatic carboxylic acids is 1. The SMILES string of the molecule is NCC1(CCC(N)C(=O)O)N=N1. The molecular formula is C6H12N4O2. The lowest BCUT2D eigenvalue weighted by atomic mass is 10.0. The largest absolute Gasteiger partial charge is 0.480 e. The normalized spacial score (nSPS) is 20.5. The van der Waals surface area contributed by atoms with Gasteiger partial charge >= 0.3 is 5.97 Å².